The number of ketones is 1. The van der Waals surface area contributed by atoms with Gasteiger partial charge < -0.3 is 10.6 Å². The molecule has 0 aliphatic carbocycles. The fourth-order valence-electron chi connectivity index (χ4n) is 2.75. The Labute approximate surface area is 133 Å². The van der Waals surface area contributed by atoms with Gasteiger partial charge in [0.1, 0.15) is 21.5 Å². The van der Waals surface area contributed by atoms with Gasteiger partial charge in [0, 0.05) is 18.7 Å². The van der Waals surface area contributed by atoms with E-state index < -0.39 is 0 Å². The number of hydrogen-bond donors (Lipinski definition) is 1. The summed E-state index contributed by atoms with van der Waals surface area (Å²) >= 11 is 1.35. The molecule has 112 valence electrons. The van der Waals surface area contributed by atoms with Crippen molar-refractivity contribution in [3.05, 3.63) is 46.3 Å². The summed E-state index contributed by atoms with van der Waals surface area (Å²) in [6, 6.07) is 11.2. The fraction of sp³-hybridized carbons (Fsp3) is 0.294. The first kappa shape index (κ1) is 14.6. The zero-order chi connectivity index (χ0) is 15.5. The van der Waals surface area contributed by atoms with Crippen LogP contribution in [0.3, 0.4) is 0 Å². The summed E-state index contributed by atoms with van der Waals surface area (Å²) < 4.78 is 0. The van der Waals surface area contributed by atoms with Crippen molar-refractivity contribution >= 4 is 27.8 Å². The third kappa shape index (κ3) is 2.58. The van der Waals surface area contributed by atoms with Crippen LogP contribution in [0.5, 0.6) is 0 Å². The highest BCUT2D eigenvalue weighted by molar-refractivity contribution is 7.19. The molecule has 1 aromatic heterocycles. The average molecular weight is 311 g/mol. The first-order valence-corrected chi connectivity index (χ1v) is 8.21. The number of carbonyl (C=O) groups excluding carboxylic acids is 1. The van der Waals surface area contributed by atoms with Gasteiger partial charge in [0.2, 0.25) is 5.78 Å². The first-order chi connectivity index (χ1) is 10.7. The number of piperidine rings is 1. The molecule has 5 heteroatoms. The maximum atomic E-state index is 12.6. The summed E-state index contributed by atoms with van der Waals surface area (Å²) in [6.45, 7) is 1.85. The van der Waals surface area contributed by atoms with E-state index in [4.69, 9.17) is 5.73 Å². The van der Waals surface area contributed by atoms with Gasteiger partial charge in [-0.25, -0.2) is 0 Å². The highest BCUT2D eigenvalue weighted by Crippen LogP contribution is 2.39. The Bertz CT molecular complexity index is 724. The molecule has 0 radical (unpaired) electrons. The van der Waals surface area contributed by atoms with E-state index in [-0.39, 0.29) is 5.78 Å². The van der Waals surface area contributed by atoms with Crippen LogP contribution >= 0.6 is 11.3 Å². The zero-order valence-corrected chi connectivity index (χ0v) is 13.0. The second-order valence-corrected chi connectivity index (χ2v) is 6.38. The molecule has 2 N–H and O–H groups in total. The number of benzene rings is 1. The van der Waals surface area contributed by atoms with Gasteiger partial charge in [0.05, 0.1) is 5.69 Å². The molecule has 0 atom stereocenters. The Kier molecular flexibility index (Phi) is 4.12. The molecule has 1 saturated heterocycles. The minimum Gasteiger partial charge on any atom is -0.396 e. The summed E-state index contributed by atoms with van der Waals surface area (Å²) in [5.41, 5.74) is 7.47. The number of nitrogen functional groups attached to an aromatic ring is 1. The third-order valence-corrected chi connectivity index (χ3v) is 5.19. The summed E-state index contributed by atoms with van der Waals surface area (Å²) in [6.07, 6.45) is 3.45. The van der Waals surface area contributed by atoms with Gasteiger partial charge in [-0.3, -0.25) is 4.79 Å². The largest absolute Gasteiger partial charge is 0.396 e. The second-order valence-electron chi connectivity index (χ2n) is 5.38. The molecule has 0 amide bonds. The molecule has 3 rings (SSSR count). The Morgan fingerprint density at radius 3 is 2.50 bits per heavy atom. The maximum absolute atomic E-state index is 12.6. The van der Waals surface area contributed by atoms with Crippen LogP contribution in [0.4, 0.5) is 10.7 Å². The Morgan fingerprint density at radius 1 is 1.18 bits per heavy atom. The van der Waals surface area contributed by atoms with Crippen molar-refractivity contribution < 1.29 is 4.79 Å². The molecule has 0 spiro atoms. The van der Waals surface area contributed by atoms with Crippen LogP contribution in [0, 0.1) is 11.3 Å². The van der Waals surface area contributed by atoms with Gasteiger partial charge >= 0.3 is 0 Å². The van der Waals surface area contributed by atoms with Gasteiger partial charge in [0.15, 0.2) is 0 Å². The van der Waals surface area contributed by atoms with Crippen molar-refractivity contribution in [3.63, 3.8) is 0 Å². The molecule has 0 saturated carbocycles. The standard InChI is InChI=1S/C17H17N3OS/c18-11-13-14(19)16(15(21)12-7-3-1-4-8-12)22-17(13)20-9-5-2-6-10-20/h1,3-4,7-8H,2,5-6,9-10,19H2. The minimum absolute atomic E-state index is 0.108. The lowest BCUT2D eigenvalue weighted by Gasteiger charge is -2.27. The van der Waals surface area contributed by atoms with Gasteiger partial charge in [0.25, 0.3) is 0 Å². The number of nitrogens with two attached hydrogens (primary N) is 1. The van der Waals surface area contributed by atoms with Crippen molar-refractivity contribution in [2.75, 3.05) is 23.7 Å². The minimum atomic E-state index is -0.108. The molecular formula is C17H17N3OS. The van der Waals surface area contributed by atoms with Gasteiger partial charge in [-0.15, -0.1) is 11.3 Å². The Hall–Kier alpha value is -2.32. The molecule has 1 aliphatic rings. The van der Waals surface area contributed by atoms with Crippen molar-refractivity contribution in [3.8, 4) is 6.07 Å². The predicted molar refractivity (Wildman–Crippen MR) is 89.4 cm³/mol. The number of thiophene rings is 1. The highest BCUT2D eigenvalue weighted by Gasteiger charge is 2.25. The van der Waals surface area contributed by atoms with Crippen molar-refractivity contribution in [1.29, 1.82) is 5.26 Å². The molecule has 1 aromatic carbocycles. The van der Waals surface area contributed by atoms with Crippen LogP contribution in [-0.2, 0) is 0 Å². The van der Waals surface area contributed by atoms with Crippen molar-refractivity contribution in [2.24, 2.45) is 0 Å². The van der Waals surface area contributed by atoms with E-state index in [0.717, 1.165) is 30.9 Å². The molecule has 0 bridgehead atoms. The lowest BCUT2D eigenvalue weighted by Crippen LogP contribution is -2.29. The van der Waals surface area contributed by atoms with Crippen LogP contribution in [0.25, 0.3) is 0 Å². The molecule has 4 nitrogen and oxygen atoms in total. The van der Waals surface area contributed by atoms with Crippen LogP contribution in [-0.4, -0.2) is 18.9 Å². The lowest BCUT2D eigenvalue weighted by atomic mass is 10.1. The predicted octanol–water partition coefficient (Wildman–Crippen LogP) is 3.42. The van der Waals surface area contributed by atoms with E-state index in [1.165, 1.54) is 17.8 Å². The number of anilines is 2. The lowest BCUT2D eigenvalue weighted by molar-refractivity contribution is 0.104. The SMILES string of the molecule is N#Cc1c(N2CCCCC2)sc(C(=O)c2ccccc2)c1N. The smallest absolute Gasteiger partial charge is 0.205 e. The zero-order valence-electron chi connectivity index (χ0n) is 12.2. The second kappa shape index (κ2) is 6.20. The molecule has 1 aliphatic heterocycles. The molecule has 1 fully saturated rings. The van der Waals surface area contributed by atoms with Gasteiger partial charge in [-0.1, -0.05) is 30.3 Å². The third-order valence-electron chi connectivity index (χ3n) is 3.92. The van der Waals surface area contributed by atoms with E-state index in [2.05, 4.69) is 11.0 Å². The Morgan fingerprint density at radius 2 is 1.86 bits per heavy atom. The molecular weight excluding hydrogens is 294 g/mol. The number of nitrogens with zero attached hydrogens (tertiary/aromatic N) is 2. The van der Waals surface area contributed by atoms with E-state index in [0.29, 0.717) is 21.7 Å². The van der Waals surface area contributed by atoms with Gasteiger partial charge in [-0.2, -0.15) is 5.26 Å². The summed E-state index contributed by atoms with van der Waals surface area (Å²) in [4.78, 5) is 15.3. The van der Waals surface area contributed by atoms with E-state index in [9.17, 15) is 10.1 Å². The summed E-state index contributed by atoms with van der Waals surface area (Å²) in [7, 11) is 0. The number of nitriles is 1. The number of rotatable bonds is 3. The molecule has 0 unspecified atom stereocenters. The normalized spacial score (nSPS) is 14.6. The van der Waals surface area contributed by atoms with Gasteiger partial charge in [-0.05, 0) is 19.3 Å². The van der Waals surface area contributed by atoms with E-state index >= 15 is 0 Å². The molecule has 22 heavy (non-hydrogen) atoms. The number of hydrogen-bond acceptors (Lipinski definition) is 5. The highest BCUT2D eigenvalue weighted by atomic mass is 32.1. The summed E-state index contributed by atoms with van der Waals surface area (Å²) in [5, 5.41) is 10.3. The van der Waals surface area contributed by atoms with Crippen LogP contribution in [0.1, 0.15) is 40.1 Å². The Balaban J connectivity index is 2.01. The average Bonchev–Trinajstić information content (AvgIpc) is 2.92. The molecule has 2 heterocycles. The molecule has 2 aromatic rings. The first-order valence-electron chi connectivity index (χ1n) is 7.39. The van der Waals surface area contributed by atoms with Crippen LogP contribution in [0.15, 0.2) is 30.3 Å². The maximum Gasteiger partial charge on any atom is 0.205 e. The van der Waals surface area contributed by atoms with Crippen LogP contribution < -0.4 is 10.6 Å². The fourth-order valence-corrected chi connectivity index (χ4v) is 3.93. The van der Waals surface area contributed by atoms with Crippen molar-refractivity contribution in [1.82, 2.24) is 0 Å². The summed E-state index contributed by atoms with van der Waals surface area (Å²) in [5.74, 6) is -0.108. The van der Waals surface area contributed by atoms with Crippen LogP contribution in [0.2, 0.25) is 0 Å². The van der Waals surface area contributed by atoms with Crippen molar-refractivity contribution in [2.45, 2.75) is 19.3 Å². The van der Waals surface area contributed by atoms with E-state index in [1.54, 1.807) is 12.1 Å². The topological polar surface area (TPSA) is 70.1 Å². The monoisotopic (exact) mass is 311 g/mol. The quantitative estimate of drug-likeness (QED) is 0.882. The number of carbonyl (C=O) groups is 1. The van der Waals surface area contributed by atoms with E-state index in [1.807, 2.05) is 18.2 Å².